The lowest BCUT2D eigenvalue weighted by Gasteiger charge is -2.06. The first kappa shape index (κ1) is 13.4. The first-order chi connectivity index (χ1) is 9.06. The van der Waals surface area contributed by atoms with Crippen molar-refractivity contribution in [2.75, 3.05) is 0 Å². The van der Waals surface area contributed by atoms with Gasteiger partial charge in [-0.3, -0.25) is 4.79 Å². The second-order valence-electron chi connectivity index (χ2n) is 4.41. The summed E-state index contributed by atoms with van der Waals surface area (Å²) < 4.78 is 15.0. The summed E-state index contributed by atoms with van der Waals surface area (Å²) >= 11 is 0. The van der Waals surface area contributed by atoms with Gasteiger partial charge in [0.05, 0.1) is 11.4 Å². The van der Waals surface area contributed by atoms with Crippen LogP contribution >= 0.6 is 0 Å². The largest absolute Gasteiger partial charge is 0.292 e. The van der Waals surface area contributed by atoms with E-state index in [-0.39, 0.29) is 11.6 Å². The number of hydrogen-bond acceptors (Lipinski definition) is 3. The van der Waals surface area contributed by atoms with E-state index in [0.717, 1.165) is 11.3 Å². The van der Waals surface area contributed by atoms with E-state index in [0.29, 0.717) is 24.2 Å². The maximum atomic E-state index is 13.5. The van der Waals surface area contributed by atoms with Crippen LogP contribution in [0.1, 0.15) is 42.0 Å². The van der Waals surface area contributed by atoms with Gasteiger partial charge in [0, 0.05) is 6.42 Å². The zero-order valence-corrected chi connectivity index (χ0v) is 11.3. The van der Waals surface area contributed by atoms with Gasteiger partial charge in [0.15, 0.2) is 11.5 Å². The molecule has 0 aliphatic carbocycles. The van der Waals surface area contributed by atoms with Crippen LogP contribution in [-0.4, -0.2) is 20.8 Å². The molecule has 0 radical (unpaired) electrons. The first-order valence-corrected chi connectivity index (χ1v) is 6.32. The van der Waals surface area contributed by atoms with E-state index in [2.05, 4.69) is 10.3 Å². The number of carbonyl (C=O) groups is 1. The fourth-order valence-electron chi connectivity index (χ4n) is 2.05. The highest BCUT2D eigenvalue weighted by molar-refractivity contribution is 5.95. The Balaban J connectivity index is 2.56. The molecule has 0 amide bonds. The fourth-order valence-corrected chi connectivity index (χ4v) is 2.05. The standard InChI is InChI=1S/C14H16FN3O/c1-4-12-14(13(19)5-2)16-17-18(12)11-7-9(3)6-10(15)8-11/h6-8H,4-5H2,1-3H3. The molecule has 1 heterocycles. The van der Waals surface area contributed by atoms with Crippen molar-refractivity contribution in [1.82, 2.24) is 15.0 Å². The summed E-state index contributed by atoms with van der Waals surface area (Å²) in [6, 6.07) is 4.66. The minimum Gasteiger partial charge on any atom is -0.292 e. The zero-order valence-electron chi connectivity index (χ0n) is 11.3. The molecule has 0 aliphatic rings. The summed E-state index contributed by atoms with van der Waals surface area (Å²) in [5.74, 6) is -0.368. The smallest absolute Gasteiger partial charge is 0.184 e. The Labute approximate surface area is 111 Å². The lowest BCUT2D eigenvalue weighted by atomic mass is 10.1. The topological polar surface area (TPSA) is 47.8 Å². The third-order valence-corrected chi connectivity index (χ3v) is 2.95. The molecular formula is C14H16FN3O. The SMILES string of the molecule is CCC(=O)c1nnn(-c2cc(C)cc(F)c2)c1CC. The summed E-state index contributed by atoms with van der Waals surface area (Å²) in [4.78, 5) is 11.8. The van der Waals surface area contributed by atoms with E-state index in [1.165, 1.54) is 12.1 Å². The van der Waals surface area contributed by atoms with Gasteiger partial charge in [-0.05, 0) is 37.1 Å². The summed E-state index contributed by atoms with van der Waals surface area (Å²) in [6.45, 7) is 5.52. The molecule has 4 nitrogen and oxygen atoms in total. The lowest BCUT2D eigenvalue weighted by molar-refractivity contribution is 0.0982. The summed E-state index contributed by atoms with van der Waals surface area (Å²) in [5, 5.41) is 7.92. The van der Waals surface area contributed by atoms with Crippen molar-refractivity contribution in [3.8, 4) is 5.69 Å². The average molecular weight is 261 g/mol. The van der Waals surface area contributed by atoms with Gasteiger partial charge >= 0.3 is 0 Å². The van der Waals surface area contributed by atoms with Crippen LogP contribution < -0.4 is 0 Å². The molecule has 2 aromatic rings. The molecule has 0 unspecified atom stereocenters. The van der Waals surface area contributed by atoms with Crippen molar-refractivity contribution in [3.05, 3.63) is 41.0 Å². The van der Waals surface area contributed by atoms with Crippen molar-refractivity contribution in [1.29, 1.82) is 0 Å². The van der Waals surface area contributed by atoms with Crippen LogP contribution in [0, 0.1) is 12.7 Å². The molecule has 0 fully saturated rings. The van der Waals surface area contributed by atoms with Gasteiger partial charge in [-0.1, -0.05) is 19.1 Å². The quantitative estimate of drug-likeness (QED) is 0.795. The van der Waals surface area contributed by atoms with Crippen LogP contribution in [0.15, 0.2) is 18.2 Å². The highest BCUT2D eigenvalue weighted by Gasteiger charge is 2.18. The minimum atomic E-state index is -0.323. The number of hydrogen-bond donors (Lipinski definition) is 0. The normalized spacial score (nSPS) is 10.7. The Bertz CT molecular complexity index is 599. The first-order valence-electron chi connectivity index (χ1n) is 6.32. The molecule has 2 rings (SSSR count). The predicted molar refractivity (Wildman–Crippen MR) is 70.1 cm³/mol. The molecule has 1 aromatic heterocycles. The third kappa shape index (κ3) is 2.54. The van der Waals surface area contributed by atoms with E-state index in [4.69, 9.17) is 0 Å². The number of aryl methyl sites for hydroxylation is 1. The highest BCUT2D eigenvalue weighted by Crippen LogP contribution is 2.17. The number of ketones is 1. The maximum Gasteiger partial charge on any atom is 0.184 e. The van der Waals surface area contributed by atoms with Gasteiger partial charge in [0.1, 0.15) is 5.82 Å². The molecule has 0 bridgehead atoms. The third-order valence-electron chi connectivity index (χ3n) is 2.95. The van der Waals surface area contributed by atoms with Crippen LogP contribution in [0.4, 0.5) is 4.39 Å². The molecule has 0 atom stereocenters. The van der Waals surface area contributed by atoms with Crippen LogP contribution in [0.5, 0.6) is 0 Å². The highest BCUT2D eigenvalue weighted by atomic mass is 19.1. The Morgan fingerprint density at radius 2 is 2.05 bits per heavy atom. The summed E-state index contributed by atoms with van der Waals surface area (Å²) in [6.07, 6.45) is 0.998. The Hall–Kier alpha value is -2.04. The Morgan fingerprint density at radius 1 is 1.32 bits per heavy atom. The van der Waals surface area contributed by atoms with Gasteiger partial charge < -0.3 is 0 Å². The van der Waals surface area contributed by atoms with Gasteiger partial charge in [-0.2, -0.15) is 0 Å². The number of halogens is 1. The number of benzene rings is 1. The van der Waals surface area contributed by atoms with Crippen LogP contribution in [0.2, 0.25) is 0 Å². The zero-order chi connectivity index (χ0) is 14.0. The van der Waals surface area contributed by atoms with Crippen molar-refractivity contribution in [2.24, 2.45) is 0 Å². The van der Waals surface area contributed by atoms with E-state index in [1.807, 2.05) is 19.9 Å². The van der Waals surface area contributed by atoms with Crippen molar-refractivity contribution in [2.45, 2.75) is 33.6 Å². The molecule has 1 aromatic carbocycles. The van der Waals surface area contributed by atoms with Gasteiger partial charge in [-0.15, -0.1) is 5.10 Å². The van der Waals surface area contributed by atoms with Crippen molar-refractivity contribution >= 4 is 5.78 Å². The number of carbonyl (C=O) groups excluding carboxylic acids is 1. The minimum absolute atomic E-state index is 0.0452. The van der Waals surface area contributed by atoms with Gasteiger partial charge in [0.2, 0.25) is 0 Å². The number of aromatic nitrogens is 3. The predicted octanol–water partition coefficient (Wildman–Crippen LogP) is 2.87. The number of nitrogens with zero attached hydrogens (tertiary/aromatic N) is 3. The molecule has 100 valence electrons. The molecular weight excluding hydrogens is 245 g/mol. The van der Waals surface area contributed by atoms with E-state index < -0.39 is 0 Å². The molecule has 0 saturated carbocycles. The van der Waals surface area contributed by atoms with E-state index in [1.54, 1.807) is 11.6 Å². The van der Waals surface area contributed by atoms with E-state index in [9.17, 15) is 9.18 Å². The number of rotatable bonds is 4. The second kappa shape index (κ2) is 5.30. The van der Waals surface area contributed by atoms with Gasteiger partial charge in [-0.25, -0.2) is 9.07 Å². The van der Waals surface area contributed by atoms with Crippen molar-refractivity contribution in [3.63, 3.8) is 0 Å². The van der Waals surface area contributed by atoms with Gasteiger partial charge in [0.25, 0.3) is 0 Å². The van der Waals surface area contributed by atoms with Crippen LogP contribution in [0.3, 0.4) is 0 Å². The molecule has 0 N–H and O–H groups in total. The fraction of sp³-hybridized carbons (Fsp3) is 0.357. The Morgan fingerprint density at radius 3 is 2.63 bits per heavy atom. The Kier molecular flexibility index (Phi) is 3.74. The molecule has 0 saturated heterocycles. The summed E-state index contributed by atoms with van der Waals surface area (Å²) in [7, 11) is 0. The number of Topliss-reactive ketones (excluding diaryl/α,β-unsaturated/α-hetero) is 1. The van der Waals surface area contributed by atoms with Crippen LogP contribution in [-0.2, 0) is 6.42 Å². The van der Waals surface area contributed by atoms with Crippen molar-refractivity contribution < 1.29 is 9.18 Å². The molecule has 0 aliphatic heterocycles. The van der Waals surface area contributed by atoms with Crippen LogP contribution in [0.25, 0.3) is 5.69 Å². The van der Waals surface area contributed by atoms with E-state index >= 15 is 0 Å². The average Bonchev–Trinajstić information content (AvgIpc) is 2.80. The second-order valence-corrected chi connectivity index (χ2v) is 4.41. The molecule has 0 spiro atoms. The summed E-state index contributed by atoms with van der Waals surface area (Å²) in [5.41, 5.74) is 2.50. The maximum absolute atomic E-state index is 13.5. The lowest BCUT2D eigenvalue weighted by Crippen LogP contribution is -2.06. The molecule has 5 heteroatoms. The monoisotopic (exact) mass is 261 g/mol. The molecule has 19 heavy (non-hydrogen) atoms.